The zero-order valence-electron chi connectivity index (χ0n) is 17.8. The molecule has 1 spiro atoms. The minimum atomic E-state index is -0.684. The van der Waals surface area contributed by atoms with Gasteiger partial charge in [0.25, 0.3) is 5.91 Å². The van der Waals surface area contributed by atoms with Gasteiger partial charge in [-0.1, -0.05) is 32.9 Å². The van der Waals surface area contributed by atoms with Crippen molar-refractivity contribution in [3.8, 4) is 5.75 Å². The lowest BCUT2D eigenvalue weighted by Crippen LogP contribution is -2.69. The van der Waals surface area contributed by atoms with Gasteiger partial charge in [0.15, 0.2) is 5.72 Å². The molecule has 3 aliphatic carbocycles. The highest BCUT2D eigenvalue weighted by Crippen LogP contribution is 2.58. The summed E-state index contributed by atoms with van der Waals surface area (Å²) >= 11 is 0. The number of rotatable bonds is 6. The van der Waals surface area contributed by atoms with Crippen LogP contribution in [-0.2, 0) is 4.79 Å². The summed E-state index contributed by atoms with van der Waals surface area (Å²) in [6.45, 7) is 10.0. The van der Waals surface area contributed by atoms with E-state index in [1.165, 1.54) is 0 Å². The summed E-state index contributed by atoms with van der Waals surface area (Å²) in [7, 11) is 0. The van der Waals surface area contributed by atoms with E-state index in [-0.39, 0.29) is 29.1 Å². The van der Waals surface area contributed by atoms with Crippen LogP contribution < -0.4 is 15.4 Å². The zero-order chi connectivity index (χ0) is 20.6. The topological polar surface area (TPSA) is 70.7 Å². The van der Waals surface area contributed by atoms with E-state index in [9.17, 15) is 9.59 Å². The number of hydrogen-bond acceptors (Lipinski definition) is 4. The van der Waals surface area contributed by atoms with E-state index in [2.05, 4.69) is 36.3 Å². The highest BCUT2D eigenvalue weighted by molar-refractivity contribution is 5.98. The number of likely N-dealkylation sites (N-methyl/N-ethyl adjacent to an activating group) is 1. The van der Waals surface area contributed by atoms with Gasteiger partial charge >= 0.3 is 0 Å². The molecule has 6 nitrogen and oxygen atoms in total. The SMILES string of the molecule is CCN(CC)CCNC(=O)[C@H]1C[C@H]2CC[C@@]1(C)C[C@@]21NC(=O)c2ccccc2O1. The Kier molecular flexibility index (Phi) is 5.32. The van der Waals surface area contributed by atoms with Crippen LogP contribution in [0, 0.1) is 17.3 Å². The Balaban J connectivity index is 1.47. The van der Waals surface area contributed by atoms with Crippen LogP contribution >= 0.6 is 0 Å². The quantitative estimate of drug-likeness (QED) is 0.772. The number of benzene rings is 1. The van der Waals surface area contributed by atoms with Gasteiger partial charge in [0.1, 0.15) is 5.75 Å². The van der Waals surface area contributed by atoms with Crippen LogP contribution in [0.5, 0.6) is 5.75 Å². The van der Waals surface area contributed by atoms with Crippen molar-refractivity contribution in [2.24, 2.45) is 17.3 Å². The second kappa shape index (κ2) is 7.63. The minimum Gasteiger partial charge on any atom is -0.467 e. The van der Waals surface area contributed by atoms with E-state index < -0.39 is 5.72 Å². The molecule has 2 N–H and O–H groups in total. The Morgan fingerprint density at radius 3 is 2.79 bits per heavy atom. The van der Waals surface area contributed by atoms with Crippen molar-refractivity contribution in [2.45, 2.75) is 52.2 Å². The van der Waals surface area contributed by atoms with Gasteiger partial charge in [-0.2, -0.15) is 0 Å². The number of carbonyl (C=O) groups excluding carboxylic acids is 2. The Morgan fingerprint density at radius 1 is 1.31 bits per heavy atom. The molecule has 0 radical (unpaired) electrons. The van der Waals surface area contributed by atoms with Crippen LogP contribution in [0.1, 0.15) is 56.8 Å². The van der Waals surface area contributed by atoms with E-state index in [1.54, 1.807) is 6.07 Å². The number of carbonyl (C=O) groups is 2. The highest BCUT2D eigenvalue weighted by Gasteiger charge is 2.61. The van der Waals surface area contributed by atoms with Gasteiger partial charge < -0.3 is 20.3 Å². The number of nitrogens with zero attached hydrogens (tertiary/aromatic N) is 1. The maximum Gasteiger partial charge on any atom is 0.258 e. The molecule has 2 amide bonds. The monoisotopic (exact) mass is 399 g/mol. The summed E-state index contributed by atoms with van der Waals surface area (Å²) in [5, 5.41) is 6.35. The average Bonchev–Trinajstić information content (AvgIpc) is 2.70. The van der Waals surface area contributed by atoms with Crippen molar-refractivity contribution >= 4 is 11.8 Å². The van der Waals surface area contributed by atoms with Crippen LogP contribution in [0.25, 0.3) is 0 Å². The lowest BCUT2D eigenvalue weighted by molar-refractivity contribution is -0.167. The Morgan fingerprint density at radius 2 is 2.07 bits per heavy atom. The predicted octanol–water partition coefficient (Wildman–Crippen LogP) is 2.79. The van der Waals surface area contributed by atoms with Gasteiger partial charge in [0, 0.05) is 31.3 Å². The van der Waals surface area contributed by atoms with Crippen LogP contribution in [-0.4, -0.2) is 48.6 Å². The highest BCUT2D eigenvalue weighted by atomic mass is 16.5. The Hall–Kier alpha value is -2.08. The fourth-order valence-corrected chi connectivity index (χ4v) is 5.66. The first-order chi connectivity index (χ1) is 13.9. The molecule has 158 valence electrons. The molecule has 0 saturated heterocycles. The summed E-state index contributed by atoms with van der Waals surface area (Å²) in [6.07, 6.45) is 3.41. The molecule has 1 aromatic carbocycles. The van der Waals surface area contributed by atoms with Crippen molar-refractivity contribution in [2.75, 3.05) is 26.2 Å². The van der Waals surface area contributed by atoms with E-state index in [1.807, 2.05) is 18.2 Å². The van der Waals surface area contributed by atoms with Gasteiger partial charge in [-0.3, -0.25) is 9.59 Å². The molecule has 4 atom stereocenters. The summed E-state index contributed by atoms with van der Waals surface area (Å²) in [5.41, 5.74) is -0.264. The van der Waals surface area contributed by atoms with Crippen molar-refractivity contribution in [3.05, 3.63) is 29.8 Å². The number of ether oxygens (including phenoxy) is 1. The number of nitrogens with one attached hydrogen (secondary N) is 2. The molecule has 0 aromatic heterocycles. The van der Waals surface area contributed by atoms with Gasteiger partial charge in [0.2, 0.25) is 5.91 Å². The number of hydrogen-bond donors (Lipinski definition) is 2. The summed E-state index contributed by atoms with van der Waals surface area (Å²) in [6, 6.07) is 7.43. The molecule has 3 fully saturated rings. The lowest BCUT2D eigenvalue weighted by atomic mass is 9.52. The van der Waals surface area contributed by atoms with E-state index in [0.29, 0.717) is 24.3 Å². The van der Waals surface area contributed by atoms with Crippen LogP contribution in [0.3, 0.4) is 0 Å². The van der Waals surface area contributed by atoms with Crippen LogP contribution in [0.4, 0.5) is 0 Å². The predicted molar refractivity (Wildman–Crippen MR) is 112 cm³/mol. The largest absolute Gasteiger partial charge is 0.467 e. The van der Waals surface area contributed by atoms with Gasteiger partial charge in [-0.05, 0) is 49.9 Å². The molecule has 1 aromatic rings. The molecular weight excluding hydrogens is 366 g/mol. The lowest BCUT2D eigenvalue weighted by Gasteiger charge is -2.59. The average molecular weight is 400 g/mol. The molecule has 3 saturated carbocycles. The number of para-hydroxylation sites is 1. The molecule has 5 rings (SSSR count). The summed E-state index contributed by atoms with van der Waals surface area (Å²) in [5.74, 6) is 0.874. The molecule has 4 aliphatic rings. The van der Waals surface area contributed by atoms with E-state index >= 15 is 0 Å². The maximum atomic E-state index is 13.0. The molecular formula is C23H33N3O3. The summed E-state index contributed by atoms with van der Waals surface area (Å²) < 4.78 is 6.43. The first-order valence-electron chi connectivity index (χ1n) is 11.0. The fourth-order valence-electron chi connectivity index (χ4n) is 5.66. The third kappa shape index (κ3) is 3.52. The molecule has 29 heavy (non-hydrogen) atoms. The van der Waals surface area contributed by atoms with Crippen LogP contribution in [0.15, 0.2) is 24.3 Å². The van der Waals surface area contributed by atoms with Gasteiger partial charge in [-0.15, -0.1) is 0 Å². The molecule has 0 unspecified atom stereocenters. The Labute approximate surface area is 173 Å². The smallest absolute Gasteiger partial charge is 0.258 e. The normalized spacial score (nSPS) is 32.6. The van der Waals surface area contributed by atoms with Crippen molar-refractivity contribution in [3.63, 3.8) is 0 Å². The molecule has 6 heteroatoms. The standard InChI is InChI=1S/C23H33N3O3/c1-4-26(5-2)13-12-24-21(28)18-14-16-10-11-22(18,3)15-23(16)25-20(27)17-8-6-7-9-19(17)29-23/h6-9,16,18H,4-5,10-15H2,1-3H3,(H,24,28)(H,25,27)/t16-,18-,22+,23+/m1/s1. The third-order valence-electron chi connectivity index (χ3n) is 7.44. The summed E-state index contributed by atoms with van der Waals surface area (Å²) in [4.78, 5) is 28.1. The zero-order valence-corrected chi connectivity index (χ0v) is 17.8. The first-order valence-corrected chi connectivity index (χ1v) is 11.0. The molecule has 1 aliphatic heterocycles. The van der Waals surface area contributed by atoms with E-state index in [4.69, 9.17) is 4.74 Å². The third-order valence-corrected chi connectivity index (χ3v) is 7.44. The number of fused-ring (bicyclic) bond motifs is 3. The van der Waals surface area contributed by atoms with Gasteiger partial charge in [0.05, 0.1) is 5.56 Å². The molecule has 2 bridgehead atoms. The van der Waals surface area contributed by atoms with Crippen LogP contribution in [0.2, 0.25) is 0 Å². The first kappa shape index (κ1) is 20.2. The Bertz CT molecular complexity index is 793. The van der Waals surface area contributed by atoms with Gasteiger partial charge in [-0.25, -0.2) is 0 Å². The minimum absolute atomic E-state index is 0.0266. The molecule has 1 heterocycles. The van der Waals surface area contributed by atoms with E-state index in [0.717, 1.165) is 38.9 Å². The fraction of sp³-hybridized carbons (Fsp3) is 0.652. The van der Waals surface area contributed by atoms with Crippen molar-refractivity contribution in [1.82, 2.24) is 15.5 Å². The maximum absolute atomic E-state index is 13.0. The van der Waals surface area contributed by atoms with Crippen molar-refractivity contribution in [1.29, 1.82) is 0 Å². The second-order valence-electron chi connectivity index (χ2n) is 9.11. The van der Waals surface area contributed by atoms with Crippen molar-refractivity contribution < 1.29 is 14.3 Å². The second-order valence-corrected chi connectivity index (χ2v) is 9.11. The number of amides is 2.